The summed E-state index contributed by atoms with van der Waals surface area (Å²) in [6.07, 6.45) is -4.67. The molecule has 0 fully saturated rings. The highest BCUT2D eigenvalue weighted by Gasteiger charge is 2.41. The van der Waals surface area contributed by atoms with Crippen LogP contribution in [0.1, 0.15) is 52.6 Å². The van der Waals surface area contributed by atoms with E-state index in [4.69, 9.17) is 0 Å². The number of hydrogen-bond acceptors (Lipinski definition) is 4. The van der Waals surface area contributed by atoms with E-state index in [1.807, 2.05) is 13.0 Å². The summed E-state index contributed by atoms with van der Waals surface area (Å²) in [5, 5.41) is 0.318. The normalized spacial score (nSPS) is 15.1. The number of rotatable bonds is 2. The van der Waals surface area contributed by atoms with Crippen LogP contribution in [0.5, 0.6) is 0 Å². The fourth-order valence-corrected chi connectivity index (χ4v) is 4.93. The number of hydrogen-bond donors (Lipinski definition) is 0. The van der Waals surface area contributed by atoms with Gasteiger partial charge in [-0.25, -0.2) is 9.80 Å². The first-order valence-corrected chi connectivity index (χ1v) is 11.2. The van der Waals surface area contributed by atoms with Gasteiger partial charge in [-0.05, 0) is 67.1 Å². The third-order valence-corrected chi connectivity index (χ3v) is 6.59. The third-order valence-electron chi connectivity index (χ3n) is 6.59. The number of alkyl halides is 3. The first-order valence-electron chi connectivity index (χ1n) is 11.2. The third kappa shape index (κ3) is 3.20. The van der Waals surface area contributed by atoms with Crippen molar-refractivity contribution in [2.75, 3.05) is 9.80 Å². The van der Waals surface area contributed by atoms with Gasteiger partial charge < -0.3 is 0 Å². The van der Waals surface area contributed by atoms with Crippen LogP contribution in [0.3, 0.4) is 0 Å². The number of halogens is 3. The Bertz CT molecular complexity index is 1650. The molecule has 0 N–H and O–H groups in total. The van der Waals surface area contributed by atoms with Gasteiger partial charge in [0.25, 0.3) is 23.6 Å². The number of carbonyl (C=O) groups is 4. The van der Waals surface area contributed by atoms with Crippen molar-refractivity contribution in [1.82, 2.24) is 0 Å². The summed E-state index contributed by atoms with van der Waals surface area (Å²) in [5.41, 5.74) is 0.303. The number of anilines is 2. The maximum absolute atomic E-state index is 13.5. The van der Waals surface area contributed by atoms with Gasteiger partial charge in [-0.1, -0.05) is 18.2 Å². The van der Waals surface area contributed by atoms with Crippen LogP contribution in [0.4, 0.5) is 24.5 Å². The summed E-state index contributed by atoms with van der Waals surface area (Å²) in [4.78, 5) is 55.5. The van der Waals surface area contributed by atoms with E-state index >= 15 is 0 Å². The summed E-state index contributed by atoms with van der Waals surface area (Å²) in [7, 11) is 0. The smallest absolute Gasteiger partial charge is 0.268 e. The topological polar surface area (TPSA) is 74.8 Å². The Kier molecular flexibility index (Phi) is 4.66. The molecular weight excluding hydrogens is 485 g/mol. The van der Waals surface area contributed by atoms with Crippen molar-refractivity contribution < 1.29 is 32.3 Å². The van der Waals surface area contributed by atoms with Crippen LogP contribution >= 0.6 is 0 Å². The lowest BCUT2D eigenvalue weighted by Gasteiger charge is -2.32. The quantitative estimate of drug-likeness (QED) is 0.328. The first kappa shape index (κ1) is 22.7. The van der Waals surface area contributed by atoms with Gasteiger partial charge in [0.1, 0.15) is 0 Å². The SMILES string of the molecule is Cc1cccc(N2C(=O)c3ccc4c5c(ccc(c35)C2=O)C(=O)N(c2cccc(C(F)(F)F)c2)C4=O)c1. The molecule has 2 aliphatic heterocycles. The van der Waals surface area contributed by atoms with Gasteiger partial charge in [-0.2, -0.15) is 13.2 Å². The van der Waals surface area contributed by atoms with Gasteiger partial charge >= 0.3 is 6.18 Å². The molecule has 0 bridgehead atoms. The zero-order chi connectivity index (χ0) is 26.2. The van der Waals surface area contributed by atoms with Crippen molar-refractivity contribution in [1.29, 1.82) is 0 Å². The van der Waals surface area contributed by atoms with Crippen LogP contribution in [0, 0.1) is 6.92 Å². The van der Waals surface area contributed by atoms with Crippen LogP contribution in [0.2, 0.25) is 0 Å². The van der Waals surface area contributed by atoms with Gasteiger partial charge in [0.2, 0.25) is 0 Å². The van der Waals surface area contributed by atoms with Crippen molar-refractivity contribution in [3.8, 4) is 0 Å². The zero-order valence-electron chi connectivity index (χ0n) is 19.1. The summed E-state index contributed by atoms with van der Waals surface area (Å²) in [6, 6.07) is 16.4. The maximum atomic E-state index is 13.5. The average molecular weight is 500 g/mol. The van der Waals surface area contributed by atoms with Gasteiger partial charge in [-0.15, -0.1) is 0 Å². The highest BCUT2D eigenvalue weighted by atomic mass is 19.4. The second kappa shape index (κ2) is 7.60. The van der Waals surface area contributed by atoms with Crippen molar-refractivity contribution in [2.24, 2.45) is 0 Å². The summed E-state index contributed by atoms with van der Waals surface area (Å²) in [5.74, 6) is -2.90. The van der Waals surface area contributed by atoms with E-state index in [0.29, 0.717) is 10.6 Å². The second-order valence-corrected chi connectivity index (χ2v) is 8.85. The molecule has 2 aliphatic rings. The minimum absolute atomic E-state index is 0.0113. The first-order chi connectivity index (χ1) is 17.6. The molecule has 9 heteroatoms. The van der Waals surface area contributed by atoms with E-state index in [-0.39, 0.29) is 38.7 Å². The largest absolute Gasteiger partial charge is 0.416 e. The molecular formula is C28H15F3N2O4. The molecule has 0 spiro atoms. The van der Waals surface area contributed by atoms with Crippen molar-refractivity contribution in [3.63, 3.8) is 0 Å². The Hall–Kier alpha value is -4.79. The van der Waals surface area contributed by atoms with Crippen LogP contribution in [-0.4, -0.2) is 23.6 Å². The lowest BCUT2D eigenvalue weighted by atomic mass is 9.85. The maximum Gasteiger partial charge on any atom is 0.416 e. The fraction of sp³-hybridized carbons (Fsp3) is 0.0714. The van der Waals surface area contributed by atoms with Crippen LogP contribution in [0.15, 0.2) is 72.8 Å². The summed E-state index contributed by atoms with van der Waals surface area (Å²) >= 11 is 0. The molecule has 0 saturated carbocycles. The Morgan fingerprint density at radius 1 is 0.568 bits per heavy atom. The molecule has 0 aliphatic carbocycles. The van der Waals surface area contributed by atoms with Crippen LogP contribution in [0.25, 0.3) is 10.8 Å². The monoisotopic (exact) mass is 500 g/mol. The molecule has 0 aromatic heterocycles. The Balaban J connectivity index is 1.53. The predicted octanol–water partition coefficient (Wildman–Crippen LogP) is 5.77. The average Bonchev–Trinajstić information content (AvgIpc) is 2.86. The molecule has 0 saturated heterocycles. The van der Waals surface area contributed by atoms with Gasteiger partial charge in [0.15, 0.2) is 0 Å². The van der Waals surface area contributed by atoms with Gasteiger partial charge in [-0.3, -0.25) is 19.2 Å². The number of imide groups is 2. The minimum Gasteiger partial charge on any atom is -0.268 e. The Morgan fingerprint density at radius 3 is 1.38 bits per heavy atom. The molecule has 2 heterocycles. The molecule has 4 aromatic rings. The highest BCUT2D eigenvalue weighted by molar-refractivity contribution is 6.42. The molecule has 0 atom stereocenters. The number of nitrogens with zero attached hydrogens (tertiary/aromatic N) is 2. The summed E-state index contributed by atoms with van der Waals surface area (Å²) < 4.78 is 39.8. The number of aryl methyl sites for hydroxylation is 1. The van der Waals surface area contributed by atoms with E-state index in [1.165, 1.54) is 30.3 Å². The lowest BCUT2D eigenvalue weighted by molar-refractivity contribution is -0.137. The molecule has 0 unspecified atom stereocenters. The highest BCUT2D eigenvalue weighted by Crippen LogP contribution is 2.41. The number of carbonyl (C=O) groups excluding carboxylic acids is 4. The van der Waals surface area contributed by atoms with Crippen LogP contribution in [-0.2, 0) is 6.18 Å². The number of benzene rings is 4. The van der Waals surface area contributed by atoms with Crippen LogP contribution < -0.4 is 9.80 Å². The lowest BCUT2D eigenvalue weighted by Crippen LogP contribution is -2.43. The van der Waals surface area contributed by atoms with E-state index in [0.717, 1.165) is 28.7 Å². The van der Waals surface area contributed by atoms with E-state index in [2.05, 4.69) is 0 Å². The molecule has 182 valence electrons. The molecule has 4 amide bonds. The van der Waals surface area contributed by atoms with Crippen molar-refractivity contribution in [2.45, 2.75) is 13.1 Å². The molecule has 37 heavy (non-hydrogen) atoms. The summed E-state index contributed by atoms with van der Waals surface area (Å²) in [6.45, 7) is 1.83. The van der Waals surface area contributed by atoms with Crippen molar-refractivity contribution >= 4 is 45.8 Å². The Labute approximate surface area is 207 Å². The molecule has 6 nitrogen and oxygen atoms in total. The zero-order valence-corrected chi connectivity index (χ0v) is 19.1. The van der Waals surface area contributed by atoms with E-state index in [9.17, 15) is 32.3 Å². The fourth-order valence-electron chi connectivity index (χ4n) is 4.93. The molecule has 4 aromatic carbocycles. The Morgan fingerprint density at radius 2 is 0.973 bits per heavy atom. The molecule has 0 radical (unpaired) electrons. The number of amides is 4. The van der Waals surface area contributed by atoms with Gasteiger partial charge in [0.05, 0.1) is 16.9 Å². The standard InChI is InChI=1S/C28H15F3N2O4/c1-14-4-2-6-16(12-14)32-24(34)18-8-10-20-23-21(11-9-19(22(18)23)25(32)35)27(37)33(26(20)36)17-7-3-5-15(13-17)28(29,30)31/h2-13H,1H3. The van der Waals surface area contributed by atoms with Crippen molar-refractivity contribution in [3.05, 3.63) is 106 Å². The van der Waals surface area contributed by atoms with E-state index < -0.39 is 35.4 Å². The van der Waals surface area contributed by atoms with E-state index in [1.54, 1.807) is 18.2 Å². The minimum atomic E-state index is -4.67. The van der Waals surface area contributed by atoms with Gasteiger partial charge in [0, 0.05) is 33.0 Å². The predicted molar refractivity (Wildman–Crippen MR) is 129 cm³/mol. The second-order valence-electron chi connectivity index (χ2n) is 8.85. The molecule has 6 rings (SSSR count).